The van der Waals surface area contributed by atoms with Crippen LogP contribution in [0.3, 0.4) is 0 Å². The molecule has 0 aliphatic rings. The number of nitrogens with one attached hydrogen (secondary N) is 1. The van der Waals surface area contributed by atoms with E-state index in [2.05, 4.69) is 5.32 Å². The van der Waals surface area contributed by atoms with Gasteiger partial charge in [0.15, 0.2) is 0 Å². The molecule has 7 heteroatoms. The normalized spacial score (nSPS) is 12.3. The second kappa shape index (κ2) is 7.91. The van der Waals surface area contributed by atoms with E-state index < -0.39 is 12.7 Å². The van der Waals surface area contributed by atoms with Gasteiger partial charge in [-0.2, -0.15) is 0 Å². The molecule has 0 radical (unpaired) electrons. The lowest BCUT2D eigenvalue weighted by molar-refractivity contribution is 0.105. The maximum Gasteiger partial charge on any atom is 0.124 e. The summed E-state index contributed by atoms with van der Waals surface area (Å²) in [6, 6.07) is 12.6. The fourth-order valence-electron chi connectivity index (χ4n) is 2.79. The third-order valence-electron chi connectivity index (χ3n) is 4.06. The Morgan fingerprint density at radius 2 is 1.73 bits per heavy atom. The van der Waals surface area contributed by atoms with Crippen LogP contribution in [0.2, 0.25) is 15.1 Å². The number of benzene rings is 3. The zero-order valence-corrected chi connectivity index (χ0v) is 15.8. The first-order valence-corrected chi connectivity index (χ1v) is 8.98. The lowest BCUT2D eigenvalue weighted by Gasteiger charge is -2.19. The van der Waals surface area contributed by atoms with Crippen LogP contribution in [-0.2, 0) is 0 Å². The number of aromatic hydroxyl groups is 1. The molecule has 0 spiro atoms. The van der Waals surface area contributed by atoms with Gasteiger partial charge in [0.05, 0.1) is 33.5 Å². The maximum absolute atomic E-state index is 10.5. The number of hydrogen-bond acceptors (Lipinski definition) is 4. The molecule has 0 fully saturated rings. The number of rotatable bonds is 5. The first-order chi connectivity index (χ1) is 12.4. The number of anilines is 1. The van der Waals surface area contributed by atoms with Gasteiger partial charge in [-0.3, -0.25) is 0 Å². The monoisotopic (exact) mass is 411 g/mol. The van der Waals surface area contributed by atoms with Crippen LogP contribution in [0.15, 0.2) is 42.5 Å². The van der Waals surface area contributed by atoms with E-state index in [-0.39, 0.29) is 27.4 Å². The first-order valence-electron chi connectivity index (χ1n) is 7.85. The summed E-state index contributed by atoms with van der Waals surface area (Å²) in [5, 5.41) is 34.5. The number of aliphatic hydroxyl groups is 2. The van der Waals surface area contributed by atoms with Crippen LogP contribution in [-0.4, -0.2) is 34.6 Å². The average Bonchev–Trinajstić information content (AvgIpc) is 2.65. The highest BCUT2D eigenvalue weighted by atomic mass is 35.5. The van der Waals surface area contributed by atoms with Crippen molar-refractivity contribution in [3.63, 3.8) is 0 Å². The van der Waals surface area contributed by atoms with Crippen LogP contribution in [0.1, 0.15) is 0 Å². The van der Waals surface area contributed by atoms with Gasteiger partial charge in [-0.15, -0.1) is 0 Å². The van der Waals surface area contributed by atoms with E-state index in [4.69, 9.17) is 39.9 Å². The molecule has 0 amide bonds. The van der Waals surface area contributed by atoms with Gasteiger partial charge >= 0.3 is 0 Å². The van der Waals surface area contributed by atoms with Gasteiger partial charge in [-0.25, -0.2) is 0 Å². The highest BCUT2D eigenvalue weighted by Crippen LogP contribution is 2.47. The molecular weight excluding hydrogens is 397 g/mol. The molecule has 3 aromatic rings. The van der Waals surface area contributed by atoms with Gasteiger partial charge in [0, 0.05) is 17.7 Å². The zero-order chi connectivity index (χ0) is 18.8. The highest BCUT2D eigenvalue weighted by molar-refractivity contribution is 6.49. The zero-order valence-electron chi connectivity index (χ0n) is 13.5. The lowest BCUT2D eigenvalue weighted by atomic mass is 9.95. The number of fused-ring (bicyclic) bond motifs is 1. The van der Waals surface area contributed by atoms with Gasteiger partial charge in [-0.05, 0) is 22.9 Å². The molecule has 136 valence electrons. The smallest absolute Gasteiger partial charge is 0.124 e. The Bertz CT molecular complexity index is 962. The average molecular weight is 413 g/mol. The third-order valence-corrected chi connectivity index (χ3v) is 5.33. The van der Waals surface area contributed by atoms with Crippen molar-refractivity contribution in [1.29, 1.82) is 0 Å². The van der Waals surface area contributed by atoms with Crippen LogP contribution in [0, 0.1) is 0 Å². The topological polar surface area (TPSA) is 72.7 Å². The lowest BCUT2D eigenvalue weighted by Crippen LogP contribution is -2.23. The van der Waals surface area contributed by atoms with Gasteiger partial charge in [0.25, 0.3) is 0 Å². The summed E-state index contributed by atoms with van der Waals surface area (Å²) >= 11 is 18.8. The SMILES string of the molecule is OCC(O)CNc1c(-c2c(O)ccc3ccccc23)cc(Cl)c(Cl)c1Cl. The van der Waals surface area contributed by atoms with E-state index in [0.29, 0.717) is 16.8 Å². The van der Waals surface area contributed by atoms with Gasteiger partial charge in [0.1, 0.15) is 5.75 Å². The van der Waals surface area contributed by atoms with E-state index in [0.717, 1.165) is 10.8 Å². The first kappa shape index (κ1) is 19.1. The summed E-state index contributed by atoms with van der Waals surface area (Å²) in [6.45, 7) is -0.354. The van der Waals surface area contributed by atoms with Crippen molar-refractivity contribution >= 4 is 51.3 Å². The van der Waals surface area contributed by atoms with Crippen molar-refractivity contribution in [3.8, 4) is 16.9 Å². The molecule has 0 saturated heterocycles. The van der Waals surface area contributed by atoms with E-state index >= 15 is 0 Å². The summed E-state index contributed by atoms with van der Waals surface area (Å²) in [7, 11) is 0. The fraction of sp³-hybridized carbons (Fsp3) is 0.158. The largest absolute Gasteiger partial charge is 0.507 e. The molecule has 0 bridgehead atoms. The standard InChI is InChI=1S/C19H16Cl3NO3/c20-14-7-13(19(18(22)17(14)21)23-8-11(25)9-24)16-12-4-2-1-3-10(12)5-6-15(16)26/h1-7,11,23-26H,8-9H2. The van der Waals surface area contributed by atoms with Crippen molar-refractivity contribution < 1.29 is 15.3 Å². The molecule has 3 rings (SSSR count). The molecule has 1 atom stereocenters. The molecule has 26 heavy (non-hydrogen) atoms. The predicted molar refractivity (Wildman–Crippen MR) is 108 cm³/mol. The molecule has 4 nitrogen and oxygen atoms in total. The Morgan fingerprint density at radius 3 is 2.46 bits per heavy atom. The van der Waals surface area contributed by atoms with E-state index in [1.54, 1.807) is 12.1 Å². The summed E-state index contributed by atoms with van der Waals surface area (Å²) < 4.78 is 0. The minimum absolute atomic E-state index is 0.0483. The van der Waals surface area contributed by atoms with Crippen LogP contribution in [0.5, 0.6) is 5.75 Å². The van der Waals surface area contributed by atoms with E-state index in [1.807, 2.05) is 30.3 Å². The molecule has 0 saturated carbocycles. The number of hydrogen-bond donors (Lipinski definition) is 4. The fourth-order valence-corrected chi connectivity index (χ4v) is 3.46. The number of phenolic OH excluding ortho intramolecular Hbond substituents is 1. The summed E-state index contributed by atoms with van der Waals surface area (Å²) in [5.74, 6) is 0.0592. The summed E-state index contributed by atoms with van der Waals surface area (Å²) in [4.78, 5) is 0. The van der Waals surface area contributed by atoms with Crippen molar-refractivity contribution in [2.75, 3.05) is 18.5 Å². The number of halogens is 3. The third kappa shape index (κ3) is 3.56. The summed E-state index contributed by atoms with van der Waals surface area (Å²) in [5.41, 5.74) is 1.51. The highest BCUT2D eigenvalue weighted by Gasteiger charge is 2.20. The van der Waals surface area contributed by atoms with Crippen LogP contribution in [0.25, 0.3) is 21.9 Å². The molecule has 4 N–H and O–H groups in total. The molecular formula is C19H16Cl3NO3. The Morgan fingerprint density at radius 1 is 1.00 bits per heavy atom. The van der Waals surface area contributed by atoms with Crippen LogP contribution in [0.4, 0.5) is 5.69 Å². The summed E-state index contributed by atoms with van der Waals surface area (Å²) in [6.07, 6.45) is -0.977. The molecule has 0 aliphatic heterocycles. The molecule has 0 aliphatic carbocycles. The number of aliphatic hydroxyl groups excluding tert-OH is 2. The second-order valence-corrected chi connectivity index (χ2v) is 6.97. The van der Waals surface area contributed by atoms with Gasteiger partial charge in [0.2, 0.25) is 0 Å². The maximum atomic E-state index is 10.5. The van der Waals surface area contributed by atoms with E-state index in [1.165, 1.54) is 0 Å². The second-order valence-electron chi connectivity index (χ2n) is 5.81. The van der Waals surface area contributed by atoms with Crippen LogP contribution >= 0.6 is 34.8 Å². The minimum Gasteiger partial charge on any atom is -0.507 e. The molecule has 0 aromatic heterocycles. The van der Waals surface area contributed by atoms with E-state index in [9.17, 15) is 10.2 Å². The van der Waals surface area contributed by atoms with Crippen molar-refractivity contribution in [1.82, 2.24) is 0 Å². The number of phenols is 1. The molecule has 3 aromatic carbocycles. The van der Waals surface area contributed by atoms with Crippen molar-refractivity contribution in [3.05, 3.63) is 57.5 Å². The Hall–Kier alpha value is -1.69. The van der Waals surface area contributed by atoms with Crippen molar-refractivity contribution in [2.45, 2.75) is 6.10 Å². The molecule has 0 heterocycles. The Labute approximate surface area is 165 Å². The van der Waals surface area contributed by atoms with Gasteiger partial charge < -0.3 is 20.6 Å². The Kier molecular flexibility index (Phi) is 5.80. The molecule has 1 unspecified atom stereocenters. The predicted octanol–water partition coefficient (Wildman–Crippen LogP) is 4.94. The van der Waals surface area contributed by atoms with Gasteiger partial charge in [-0.1, -0.05) is 65.1 Å². The Balaban J connectivity index is 2.26. The van der Waals surface area contributed by atoms with Crippen LogP contribution < -0.4 is 5.32 Å². The minimum atomic E-state index is -0.977. The van der Waals surface area contributed by atoms with Crippen molar-refractivity contribution in [2.24, 2.45) is 0 Å². The quantitative estimate of drug-likeness (QED) is 0.448.